The predicted octanol–water partition coefficient (Wildman–Crippen LogP) is 2.76. The van der Waals surface area contributed by atoms with Crippen molar-refractivity contribution in [2.45, 2.75) is 12.8 Å². The summed E-state index contributed by atoms with van der Waals surface area (Å²) in [5.74, 6) is 1.07. The van der Waals surface area contributed by atoms with Crippen LogP contribution in [0.25, 0.3) is 0 Å². The number of nitrogens with zero attached hydrogens (tertiary/aromatic N) is 1. The van der Waals surface area contributed by atoms with Crippen molar-refractivity contribution >= 4 is 37.5 Å². The SMILES string of the molecule is COc1cc(Br)c(CCNC(=O)c2ccc3c(c2)CCN3S(C)(=O)=O)cc1OC. The van der Waals surface area contributed by atoms with Gasteiger partial charge in [-0.25, -0.2) is 8.42 Å². The van der Waals surface area contributed by atoms with Crippen LogP contribution in [0.4, 0.5) is 5.69 Å². The molecule has 0 unspecified atom stereocenters. The van der Waals surface area contributed by atoms with Gasteiger partial charge >= 0.3 is 0 Å². The number of amides is 1. The first kappa shape index (κ1) is 21.4. The number of sulfonamides is 1. The monoisotopic (exact) mass is 482 g/mol. The van der Waals surface area contributed by atoms with Crippen molar-refractivity contribution in [1.82, 2.24) is 5.32 Å². The van der Waals surface area contributed by atoms with Crippen molar-refractivity contribution in [3.8, 4) is 11.5 Å². The largest absolute Gasteiger partial charge is 0.493 e. The minimum absolute atomic E-state index is 0.192. The van der Waals surface area contributed by atoms with Gasteiger partial charge in [-0.05, 0) is 54.3 Å². The summed E-state index contributed by atoms with van der Waals surface area (Å²) >= 11 is 3.52. The number of carbonyl (C=O) groups is 1. The highest BCUT2D eigenvalue weighted by Crippen LogP contribution is 2.33. The Morgan fingerprint density at radius 3 is 2.52 bits per heavy atom. The summed E-state index contributed by atoms with van der Waals surface area (Å²) in [5, 5.41) is 2.91. The number of fused-ring (bicyclic) bond motifs is 1. The molecule has 0 saturated heterocycles. The van der Waals surface area contributed by atoms with E-state index in [1.165, 1.54) is 10.6 Å². The van der Waals surface area contributed by atoms with E-state index in [-0.39, 0.29) is 5.91 Å². The van der Waals surface area contributed by atoms with Crippen molar-refractivity contribution in [1.29, 1.82) is 0 Å². The van der Waals surface area contributed by atoms with E-state index in [1.54, 1.807) is 32.4 Å². The molecule has 0 aliphatic carbocycles. The molecule has 0 saturated carbocycles. The van der Waals surface area contributed by atoms with Crippen LogP contribution in [0.1, 0.15) is 21.5 Å². The quantitative estimate of drug-likeness (QED) is 0.655. The lowest BCUT2D eigenvalue weighted by molar-refractivity contribution is 0.0954. The van der Waals surface area contributed by atoms with E-state index in [0.29, 0.717) is 48.7 Å². The van der Waals surface area contributed by atoms with Crippen molar-refractivity contribution in [3.63, 3.8) is 0 Å². The summed E-state index contributed by atoms with van der Waals surface area (Å²) in [4.78, 5) is 12.5. The molecule has 0 fully saturated rings. The average Bonchev–Trinajstić information content (AvgIpc) is 3.12. The Kier molecular flexibility index (Phi) is 6.38. The van der Waals surface area contributed by atoms with Crippen LogP contribution in [0, 0.1) is 0 Å². The molecule has 1 heterocycles. The molecule has 1 aliphatic heterocycles. The van der Waals surface area contributed by atoms with E-state index in [4.69, 9.17) is 9.47 Å². The number of nitrogens with one attached hydrogen (secondary N) is 1. The van der Waals surface area contributed by atoms with Gasteiger partial charge in [0.25, 0.3) is 5.91 Å². The highest BCUT2D eigenvalue weighted by Gasteiger charge is 2.26. The van der Waals surface area contributed by atoms with Gasteiger partial charge in [-0.3, -0.25) is 9.10 Å². The van der Waals surface area contributed by atoms with Crippen LogP contribution in [0.5, 0.6) is 11.5 Å². The van der Waals surface area contributed by atoms with Crippen LogP contribution in [0.15, 0.2) is 34.8 Å². The fourth-order valence-corrected chi connectivity index (χ4v) is 4.84. The summed E-state index contributed by atoms with van der Waals surface area (Å²) in [6, 6.07) is 8.84. The molecule has 0 radical (unpaired) electrons. The third-order valence-electron chi connectivity index (χ3n) is 4.83. The fraction of sp³-hybridized carbons (Fsp3) is 0.350. The number of ether oxygens (including phenoxy) is 2. The van der Waals surface area contributed by atoms with E-state index in [1.807, 2.05) is 12.1 Å². The van der Waals surface area contributed by atoms with E-state index < -0.39 is 10.0 Å². The number of carbonyl (C=O) groups excluding carboxylic acids is 1. The van der Waals surface area contributed by atoms with Crippen molar-refractivity contribution in [2.75, 3.05) is 37.9 Å². The zero-order valence-corrected chi connectivity index (χ0v) is 18.9. The zero-order chi connectivity index (χ0) is 21.2. The molecule has 156 valence electrons. The summed E-state index contributed by atoms with van der Waals surface area (Å²) in [5.41, 5.74) is 3.02. The van der Waals surface area contributed by atoms with Gasteiger partial charge in [0.05, 0.1) is 26.2 Å². The second-order valence-corrected chi connectivity index (χ2v) is 9.49. The second kappa shape index (κ2) is 8.62. The van der Waals surface area contributed by atoms with E-state index in [2.05, 4.69) is 21.2 Å². The first-order chi connectivity index (χ1) is 13.7. The van der Waals surface area contributed by atoms with E-state index >= 15 is 0 Å². The van der Waals surface area contributed by atoms with Gasteiger partial charge in [-0.2, -0.15) is 0 Å². The summed E-state index contributed by atoms with van der Waals surface area (Å²) < 4.78 is 36.5. The second-order valence-electron chi connectivity index (χ2n) is 6.73. The lowest BCUT2D eigenvalue weighted by Crippen LogP contribution is -2.27. The molecule has 1 amide bonds. The Bertz CT molecular complexity index is 1040. The molecule has 0 bridgehead atoms. The molecular formula is C20H23BrN2O5S. The molecule has 0 aromatic heterocycles. The van der Waals surface area contributed by atoms with Gasteiger partial charge in [0, 0.05) is 23.1 Å². The molecule has 9 heteroatoms. The molecule has 29 heavy (non-hydrogen) atoms. The Labute approximate surface area is 179 Å². The first-order valence-corrected chi connectivity index (χ1v) is 11.7. The fourth-order valence-electron chi connectivity index (χ4n) is 3.36. The highest BCUT2D eigenvalue weighted by atomic mass is 79.9. The van der Waals surface area contributed by atoms with Gasteiger partial charge in [0.1, 0.15) is 0 Å². The first-order valence-electron chi connectivity index (χ1n) is 9.04. The molecular weight excluding hydrogens is 460 g/mol. The Morgan fingerprint density at radius 1 is 1.17 bits per heavy atom. The van der Waals surface area contributed by atoms with Crippen molar-refractivity contribution < 1.29 is 22.7 Å². The Balaban J connectivity index is 1.65. The van der Waals surface area contributed by atoms with Crippen LogP contribution in [0.2, 0.25) is 0 Å². The molecule has 0 atom stereocenters. The molecule has 2 aromatic carbocycles. The smallest absolute Gasteiger partial charge is 0.251 e. The molecule has 0 spiro atoms. The molecule has 1 aliphatic rings. The lowest BCUT2D eigenvalue weighted by Gasteiger charge is -2.16. The number of benzene rings is 2. The maximum atomic E-state index is 12.5. The van der Waals surface area contributed by atoms with Gasteiger partial charge in [-0.15, -0.1) is 0 Å². The van der Waals surface area contributed by atoms with Gasteiger partial charge < -0.3 is 14.8 Å². The van der Waals surface area contributed by atoms with Crippen molar-refractivity contribution in [2.24, 2.45) is 0 Å². The highest BCUT2D eigenvalue weighted by molar-refractivity contribution is 9.10. The third kappa shape index (κ3) is 4.67. The maximum Gasteiger partial charge on any atom is 0.251 e. The predicted molar refractivity (Wildman–Crippen MR) is 116 cm³/mol. The van der Waals surface area contributed by atoms with Crippen LogP contribution >= 0.6 is 15.9 Å². The standard InChI is InChI=1S/C20H23BrN2O5S/c1-27-18-11-13(16(21)12-19(18)28-2)6-8-22-20(24)15-4-5-17-14(10-15)7-9-23(17)29(3,25)26/h4-5,10-12H,6-9H2,1-3H3,(H,22,24). The lowest BCUT2D eigenvalue weighted by atomic mass is 10.1. The molecule has 3 rings (SSSR count). The summed E-state index contributed by atoms with van der Waals surface area (Å²) in [6.07, 6.45) is 2.40. The van der Waals surface area contributed by atoms with E-state index in [0.717, 1.165) is 15.6 Å². The Morgan fingerprint density at radius 2 is 1.86 bits per heavy atom. The van der Waals surface area contributed by atoms with Crippen LogP contribution in [-0.4, -0.2) is 47.9 Å². The minimum atomic E-state index is -3.30. The van der Waals surface area contributed by atoms with Gasteiger partial charge in [-0.1, -0.05) is 15.9 Å². The average molecular weight is 483 g/mol. The van der Waals surface area contributed by atoms with Crippen molar-refractivity contribution in [3.05, 3.63) is 51.5 Å². The topological polar surface area (TPSA) is 84.9 Å². The zero-order valence-electron chi connectivity index (χ0n) is 16.5. The van der Waals surface area contributed by atoms with E-state index in [9.17, 15) is 13.2 Å². The maximum absolute atomic E-state index is 12.5. The molecule has 2 aromatic rings. The molecule has 1 N–H and O–H groups in total. The van der Waals surface area contributed by atoms with Crippen LogP contribution in [0.3, 0.4) is 0 Å². The Hall–Kier alpha value is -2.26. The number of methoxy groups -OCH3 is 2. The number of hydrogen-bond acceptors (Lipinski definition) is 5. The molecule has 7 nitrogen and oxygen atoms in total. The van der Waals surface area contributed by atoms with Crippen LogP contribution in [-0.2, 0) is 22.9 Å². The van der Waals surface area contributed by atoms with Gasteiger partial charge in [0.15, 0.2) is 11.5 Å². The number of hydrogen-bond donors (Lipinski definition) is 1. The number of halogens is 1. The number of rotatable bonds is 7. The minimum Gasteiger partial charge on any atom is -0.493 e. The normalized spacial score (nSPS) is 13.2. The summed E-state index contributed by atoms with van der Waals surface area (Å²) in [7, 11) is -0.141. The van der Waals surface area contributed by atoms with Gasteiger partial charge in [0.2, 0.25) is 10.0 Å². The summed E-state index contributed by atoms with van der Waals surface area (Å²) in [6.45, 7) is 0.853. The van der Waals surface area contributed by atoms with Crippen LogP contribution < -0.4 is 19.1 Å². The third-order valence-corrected chi connectivity index (χ3v) is 6.75. The number of anilines is 1.